The molecule has 8 heteroatoms. The molecule has 17 heavy (non-hydrogen) atoms. The Morgan fingerprint density at radius 3 is 2.53 bits per heavy atom. The van der Waals surface area contributed by atoms with Gasteiger partial charge in [0.15, 0.2) is 11.4 Å². The van der Waals surface area contributed by atoms with E-state index < -0.39 is 11.0 Å². The van der Waals surface area contributed by atoms with Crippen LogP contribution in [0.5, 0.6) is 0 Å². The fourth-order valence-electron chi connectivity index (χ4n) is 1.51. The van der Waals surface area contributed by atoms with Gasteiger partial charge in [0.2, 0.25) is 0 Å². The first kappa shape index (κ1) is 12.2. The molecular formula is C9H8B3N3O2. The Morgan fingerprint density at radius 2 is 1.94 bits per heavy atom. The third-order valence-electron chi connectivity index (χ3n) is 2.68. The van der Waals surface area contributed by atoms with Gasteiger partial charge in [-0.1, -0.05) is 12.1 Å². The van der Waals surface area contributed by atoms with Crippen molar-refractivity contribution in [3.8, 4) is 0 Å². The lowest BCUT2D eigenvalue weighted by molar-refractivity contribution is -0.157. The lowest BCUT2D eigenvalue weighted by Gasteiger charge is -2.37. The SMILES string of the molecule is [B]c1ccc(C([B])([B])C(C)(O)O)c2ncnn12. The van der Waals surface area contributed by atoms with Crippen LogP contribution in [0.4, 0.5) is 0 Å². The maximum Gasteiger partial charge on any atom is 0.156 e. The molecule has 0 atom stereocenters. The normalized spacial score (nSPS) is 13.1. The van der Waals surface area contributed by atoms with Crippen molar-refractivity contribution in [2.75, 3.05) is 0 Å². The molecule has 80 valence electrons. The molecule has 0 unspecified atom stereocenters. The van der Waals surface area contributed by atoms with Crippen molar-refractivity contribution < 1.29 is 10.2 Å². The number of fused-ring (bicyclic) bond motifs is 1. The van der Waals surface area contributed by atoms with Crippen LogP contribution in [0.3, 0.4) is 0 Å². The van der Waals surface area contributed by atoms with Crippen LogP contribution in [0.15, 0.2) is 18.5 Å². The Kier molecular flexibility index (Phi) is 2.59. The monoisotopic (exact) mass is 223 g/mol. The molecule has 0 aliphatic heterocycles. The average molecular weight is 223 g/mol. The number of rotatable bonds is 2. The zero-order valence-corrected chi connectivity index (χ0v) is 9.20. The first-order chi connectivity index (χ1) is 7.75. The highest BCUT2D eigenvalue weighted by Gasteiger charge is 2.39. The first-order valence-electron chi connectivity index (χ1n) is 4.86. The van der Waals surface area contributed by atoms with Crippen LogP contribution in [-0.4, -0.2) is 54.1 Å². The van der Waals surface area contributed by atoms with Crippen molar-refractivity contribution in [1.82, 2.24) is 14.6 Å². The van der Waals surface area contributed by atoms with Gasteiger partial charge in [0.1, 0.15) is 14.2 Å². The molecule has 6 radical (unpaired) electrons. The largest absolute Gasteiger partial charge is 0.366 e. The zero-order valence-electron chi connectivity index (χ0n) is 9.20. The minimum atomic E-state index is -2.31. The van der Waals surface area contributed by atoms with Gasteiger partial charge >= 0.3 is 0 Å². The zero-order chi connectivity index (χ0) is 12.8. The Morgan fingerprint density at radius 1 is 1.29 bits per heavy atom. The predicted octanol–water partition coefficient (Wildman–Crippen LogP) is -2.29. The van der Waals surface area contributed by atoms with Crippen LogP contribution in [0.1, 0.15) is 12.5 Å². The summed E-state index contributed by atoms with van der Waals surface area (Å²) in [5, 5.41) is 21.2. The molecule has 0 saturated heterocycles. The van der Waals surface area contributed by atoms with Gasteiger partial charge in [-0.2, -0.15) is 5.10 Å². The number of nitrogens with zero attached hydrogens (tertiary/aromatic N) is 3. The summed E-state index contributed by atoms with van der Waals surface area (Å²) < 4.78 is 1.32. The van der Waals surface area contributed by atoms with Gasteiger partial charge in [0, 0.05) is 0 Å². The summed E-state index contributed by atoms with van der Waals surface area (Å²) in [5.41, 5.74) is 0.857. The predicted molar refractivity (Wildman–Crippen MR) is 64.4 cm³/mol. The van der Waals surface area contributed by atoms with Gasteiger partial charge in [-0.05, 0) is 23.3 Å². The highest BCUT2D eigenvalue weighted by Crippen LogP contribution is 2.29. The van der Waals surface area contributed by atoms with E-state index in [-0.39, 0.29) is 11.2 Å². The highest BCUT2D eigenvalue weighted by atomic mass is 16.5. The molecular weight excluding hydrogens is 215 g/mol. The average Bonchev–Trinajstić information content (AvgIpc) is 2.65. The standard InChI is InChI=1S/C9H8B3N3O2/c1-8(16,17)9(11,12)5-2-3-6(10)15-7(5)13-4-14-15/h2-4,16-17H,1H3. The molecule has 2 aromatic heterocycles. The second-order valence-corrected chi connectivity index (χ2v) is 4.06. The Hall–Kier alpha value is -1.27. The molecule has 2 aromatic rings. The Bertz CT molecular complexity index is 562. The van der Waals surface area contributed by atoms with Crippen LogP contribution in [0, 0.1) is 0 Å². The summed E-state index contributed by atoms with van der Waals surface area (Å²) in [6.07, 6.45) is 1.28. The lowest BCUT2D eigenvalue weighted by Crippen LogP contribution is -2.51. The quantitative estimate of drug-likeness (QED) is 0.444. The van der Waals surface area contributed by atoms with E-state index in [1.54, 1.807) is 0 Å². The van der Waals surface area contributed by atoms with Crippen molar-refractivity contribution in [3.63, 3.8) is 0 Å². The van der Waals surface area contributed by atoms with Crippen LogP contribution in [-0.2, 0) is 5.21 Å². The first-order valence-corrected chi connectivity index (χ1v) is 4.86. The summed E-state index contributed by atoms with van der Waals surface area (Å²) in [4.78, 5) is 3.95. The minimum absolute atomic E-state index is 0.233. The van der Waals surface area contributed by atoms with Crippen molar-refractivity contribution in [3.05, 3.63) is 24.0 Å². The second-order valence-electron chi connectivity index (χ2n) is 4.06. The van der Waals surface area contributed by atoms with Crippen LogP contribution < -0.4 is 5.59 Å². The van der Waals surface area contributed by atoms with Crippen LogP contribution in [0.2, 0.25) is 0 Å². The van der Waals surface area contributed by atoms with E-state index in [0.717, 1.165) is 6.92 Å². The summed E-state index contributed by atoms with van der Waals surface area (Å²) >= 11 is 0. The van der Waals surface area contributed by atoms with Crippen molar-refractivity contribution in [2.45, 2.75) is 17.9 Å². The van der Waals surface area contributed by atoms with E-state index in [1.807, 2.05) is 0 Å². The van der Waals surface area contributed by atoms with E-state index in [9.17, 15) is 10.2 Å². The van der Waals surface area contributed by atoms with E-state index in [4.69, 9.17) is 23.5 Å². The third kappa shape index (κ3) is 1.77. The molecule has 0 aliphatic rings. The molecule has 2 heterocycles. The van der Waals surface area contributed by atoms with Crippen molar-refractivity contribution in [1.29, 1.82) is 0 Å². The van der Waals surface area contributed by atoms with Gasteiger partial charge < -0.3 is 10.2 Å². The smallest absolute Gasteiger partial charge is 0.156 e. The molecule has 0 bridgehead atoms. The fraction of sp³-hybridized carbons (Fsp3) is 0.333. The Balaban J connectivity index is 2.72. The van der Waals surface area contributed by atoms with Gasteiger partial charge in [-0.25, -0.2) is 9.50 Å². The molecule has 2 N–H and O–H groups in total. The number of aromatic nitrogens is 3. The van der Waals surface area contributed by atoms with Gasteiger partial charge in [-0.15, -0.1) is 0 Å². The molecule has 2 rings (SSSR count). The molecule has 0 saturated carbocycles. The van der Waals surface area contributed by atoms with E-state index in [0.29, 0.717) is 5.59 Å². The summed E-state index contributed by atoms with van der Waals surface area (Å²) in [7, 11) is 17.2. The number of hydrogen-bond acceptors (Lipinski definition) is 4. The summed E-state index contributed by atoms with van der Waals surface area (Å²) in [6, 6.07) is 3.00. The van der Waals surface area contributed by atoms with Crippen LogP contribution in [0.25, 0.3) is 5.65 Å². The number of pyridine rings is 1. The topological polar surface area (TPSA) is 70.7 Å². The number of hydrogen-bond donors (Lipinski definition) is 2. The van der Waals surface area contributed by atoms with E-state index in [1.165, 1.54) is 23.0 Å². The molecule has 0 fully saturated rings. The maximum atomic E-state index is 9.58. The maximum absolute atomic E-state index is 9.58. The number of aliphatic hydroxyl groups is 2. The molecule has 0 aliphatic carbocycles. The summed E-state index contributed by atoms with van der Waals surface area (Å²) in [6.45, 7) is 1.09. The summed E-state index contributed by atoms with van der Waals surface area (Å²) in [5.74, 6) is -2.31. The highest BCUT2D eigenvalue weighted by molar-refractivity contribution is 6.41. The minimum Gasteiger partial charge on any atom is -0.366 e. The van der Waals surface area contributed by atoms with Crippen LogP contribution >= 0.6 is 0 Å². The second kappa shape index (κ2) is 3.61. The third-order valence-corrected chi connectivity index (χ3v) is 2.68. The van der Waals surface area contributed by atoms with Gasteiger partial charge in [0.05, 0.1) is 15.7 Å². The molecule has 0 amide bonds. The fourth-order valence-corrected chi connectivity index (χ4v) is 1.51. The molecule has 0 spiro atoms. The van der Waals surface area contributed by atoms with Crippen molar-refractivity contribution >= 4 is 34.8 Å². The van der Waals surface area contributed by atoms with Crippen molar-refractivity contribution in [2.24, 2.45) is 0 Å². The Labute approximate surface area is 102 Å². The lowest BCUT2D eigenvalue weighted by atomic mass is 9.47. The van der Waals surface area contributed by atoms with Gasteiger partial charge in [0.25, 0.3) is 0 Å². The molecule has 0 aromatic carbocycles. The molecule has 5 nitrogen and oxygen atoms in total. The van der Waals surface area contributed by atoms with E-state index in [2.05, 4.69) is 10.1 Å². The van der Waals surface area contributed by atoms with Gasteiger partial charge in [-0.3, -0.25) is 0 Å². The van der Waals surface area contributed by atoms with E-state index >= 15 is 0 Å².